The van der Waals surface area contributed by atoms with Gasteiger partial charge in [-0.1, -0.05) is 34.4 Å². The SMILES string of the molecule is Cc1cc(CO)c2cc(N3CCC4(C=C(c5c(-c6c(Cl)cc(F)cc6Cl)noc5C5CC5)C4)CC3)ccc2n1. The molecule has 200 valence electrons. The third-order valence-corrected chi connectivity index (χ3v) is 9.15. The maximum absolute atomic E-state index is 13.9. The molecule has 2 aromatic heterocycles. The summed E-state index contributed by atoms with van der Waals surface area (Å²) in [5.74, 6) is 0.799. The second-order valence-corrected chi connectivity index (χ2v) is 12.1. The van der Waals surface area contributed by atoms with Crippen molar-refractivity contribution in [3.8, 4) is 11.3 Å². The molecule has 0 amide bonds. The number of hydrogen-bond donors (Lipinski definition) is 1. The average molecular weight is 564 g/mol. The van der Waals surface area contributed by atoms with Crippen LogP contribution < -0.4 is 4.90 Å². The van der Waals surface area contributed by atoms with Crippen molar-refractivity contribution in [2.24, 2.45) is 5.41 Å². The largest absolute Gasteiger partial charge is 0.392 e. The van der Waals surface area contributed by atoms with Crippen LogP contribution in [0.4, 0.5) is 10.1 Å². The van der Waals surface area contributed by atoms with Crippen LogP contribution in [0.2, 0.25) is 10.0 Å². The van der Waals surface area contributed by atoms with Crippen molar-refractivity contribution in [2.45, 2.75) is 51.6 Å². The molecule has 1 aliphatic heterocycles. The second kappa shape index (κ2) is 9.33. The van der Waals surface area contributed by atoms with Crippen LogP contribution in [0.3, 0.4) is 0 Å². The predicted octanol–water partition coefficient (Wildman–Crippen LogP) is 8.09. The third-order valence-electron chi connectivity index (χ3n) is 8.56. The lowest BCUT2D eigenvalue weighted by molar-refractivity contribution is 0.277. The molecule has 0 bridgehead atoms. The summed E-state index contributed by atoms with van der Waals surface area (Å²) >= 11 is 12.9. The molecule has 1 N–H and O–H groups in total. The maximum atomic E-state index is 13.9. The van der Waals surface area contributed by atoms with Gasteiger partial charge in [-0.25, -0.2) is 4.39 Å². The third kappa shape index (κ3) is 4.33. The number of rotatable bonds is 5. The van der Waals surface area contributed by atoms with Gasteiger partial charge in [0.1, 0.15) is 17.3 Å². The normalized spacial score (nSPS) is 18.5. The van der Waals surface area contributed by atoms with E-state index in [2.05, 4.69) is 39.3 Å². The van der Waals surface area contributed by atoms with Crippen LogP contribution >= 0.6 is 23.2 Å². The van der Waals surface area contributed by atoms with Crippen LogP contribution in [-0.4, -0.2) is 28.3 Å². The first-order valence-corrected chi connectivity index (χ1v) is 14.2. The van der Waals surface area contributed by atoms with E-state index in [1.165, 1.54) is 23.4 Å². The molecule has 1 saturated carbocycles. The number of aromatic nitrogens is 2. The Hall–Kier alpha value is -2.93. The summed E-state index contributed by atoms with van der Waals surface area (Å²) in [7, 11) is 0. The zero-order chi connectivity index (χ0) is 26.9. The van der Waals surface area contributed by atoms with E-state index in [4.69, 9.17) is 27.7 Å². The number of allylic oxidation sites excluding steroid dienone is 2. The van der Waals surface area contributed by atoms with E-state index in [1.54, 1.807) is 0 Å². The van der Waals surface area contributed by atoms with Crippen molar-refractivity contribution in [1.29, 1.82) is 0 Å². The summed E-state index contributed by atoms with van der Waals surface area (Å²) in [6.45, 7) is 3.85. The summed E-state index contributed by atoms with van der Waals surface area (Å²) in [5, 5.41) is 15.8. The molecule has 8 heteroatoms. The molecule has 2 aromatic carbocycles. The fourth-order valence-electron chi connectivity index (χ4n) is 6.35. The highest BCUT2D eigenvalue weighted by molar-refractivity contribution is 6.39. The first kappa shape index (κ1) is 25.1. The molecule has 5 nitrogen and oxygen atoms in total. The number of benzene rings is 2. The van der Waals surface area contributed by atoms with Gasteiger partial charge in [0, 0.05) is 46.9 Å². The molecule has 2 fully saturated rings. The van der Waals surface area contributed by atoms with Gasteiger partial charge in [-0.15, -0.1) is 0 Å². The number of aliphatic hydroxyl groups is 1. The standard InChI is InChI=1S/C31H28Cl2FN3O2/c1-17-10-19(16-38)23-13-22(4-5-26(23)35-17)37-8-6-31(7-9-37)14-20(15-31)27-29(36-39-30(27)18-2-3-18)28-24(32)11-21(34)12-25(28)33/h4-5,10-14,18,38H,2-3,6-9,15-16H2,1H3. The van der Waals surface area contributed by atoms with Crippen LogP contribution in [0.25, 0.3) is 27.7 Å². The van der Waals surface area contributed by atoms with Crippen molar-refractivity contribution in [1.82, 2.24) is 10.1 Å². The van der Waals surface area contributed by atoms with Crippen LogP contribution in [-0.2, 0) is 6.61 Å². The summed E-state index contributed by atoms with van der Waals surface area (Å²) < 4.78 is 19.7. The Labute approximate surface area is 236 Å². The summed E-state index contributed by atoms with van der Waals surface area (Å²) in [6.07, 6.45) is 7.60. The monoisotopic (exact) mass is 563 g/mol. The zero-order valence-corrected chi connectivity index (χ0v) is 23.1. The fraction of sp³-hybridized carbons (Fsp3) is 0.355. The lowest BCUT2D eigenvalue weighted by Gasteiger charge is -2.47. The van der Waals surface area contributed by atoms with Gasteiger partial charge in [0.2, 0.25) is 0 Å². The molecule has 1 spiro atoms. The lowest BCUT2D eigenvalue weighted by atomic mass is 9.63. The quantitative estimate of drug-likeness (QED) is 0.266. The van der Waals surface area contributed by atoms with E-state index in [1.807, 2.05) is 13.0 Å². The van der Waals surface area contributed by atoms with Gasteiger partial charge >= 0.3 is 0 Å². The van der Waals surface area contributed by atoms with Gasteiger partial charge in [-0.05, 0) is 92.0 Å². The number of nitrogens with zero attached hydrogens (tertiary/aromatic N) is 3. The Morgan fingerprint density at radius 3 is 2.46 bits per heavy atom. The average Bonchev–Trinajstić information content (AvgIpc) is 3.65. The Balaban J connectivity index is 1.15. The van der Waals surface area contributed by atoms with E-state index >= 15 is 0 Å². The molecule has 0 unspecified atom stereocenters. The van der Waals surface area contributed by atoms with Gasteiger partial charge in [0.25, 0.3) is 0 Å². The number of anilines is 1. The van der Waals surface area contributed by atoms with E-state index in [-0.39, 0.29) is 22.1 Å². The smallest absolute Gasteiger partial charge is 0.147 e. The summed E-state index contributed by atoms with van der Waals surface area (Å²) in [6, 6.07) is 10.9. The maximum Gasteiger partial charge on any atom is 0.147 e. The Morgan fingerprint density at radius 1 is 1.08 bits per heavy atom. The minimum absolute atomic E-state index is 0.00203. The number of fused-ring (bicyclic) bond motifs is 1. The Morgan fingerprint density at radius 2 is 1.79 bits per heavy atom. The number of piperidine rings is 1. The van der Waals surface area contributed by atoms with Crippen molar-refractivity contribution >= 4 is 45.4 Å². The van der Waals surface area contributed by atoms with E-state index in [0.717, 1.165) is 78.7 Å². The first-order chi connectivity index (χ1) is 18.8. The Kier molecular flexibility index (Phi) is 5.99. The van der Waals surface area contributed by atoms with E-state index in [0.29, 0.717) is 17.2 Å². The second-order valence-electron chi connectivity index (χ2n) is 11.3. The number of halogens is 3. The van der Waals surface area contributed by atoms with Crippen molar-refractivity contribution in [2.75, 3.05) is 18.0 Å². The van der Waals surface area contributed by atoms with Crippen LogP contribution in [0, 0.1) is 18.2 Å². The molecule has 4 aromatic rings. The van der Waals surface area contributed by atoms with Gasteiger partial charge < -0.3 is 14.5 Å². The highest BCUT2D eigenvalue weighted by Crippen LogP contribution is 2.56. The van der Waals surface area contributed by atoms with Gasteiger partial charge in [0.05, 0.1) is 22.2 Å². The molecule has 39 heavy (non-hydrogen) atoms. The predicted molar refractivity (Wildman–Crippen MR) is 153 cm³/mol. The van der Waals surface area contributed by atoms with Gasteiger partial charge in [0.15, 0.2) is 0 Å². The molecule has 0 atom stereocenters. The molecule has 3 heterocycles. The summed E-state index contributed by atoms with van der Waals surface area (Å²) in [5.41, 5.74) is 7.42. The number of hydrogen-bond acceptors (Lipinski definition) is 5. The molecule has 2 aliphatic carbocycles. The summed E-state index contributed by atoms with van der Waals surface area (Å²) in [4.78, 5) is 7.06. The van der Waals surface area contributed by atoms with Crippen LogP contribution in [0.1, 0.15) is 60.6 Å². The molecule has 3 aliphatic rings. The van der Waals surface area contributed by atoms with E-state index < -0.39 is 5.82 Å². The number of pyridine rings is 1. The van der Waals surface area contributed by atoms with Gasteiger partial charge in [-0.3, -0.25) is 4.98 Å². The number of aryl methyl sites for hydroxylation is 1. The molecular formula is C31H28Cl2FN3O2. The topological polar surface area (TPSA) is 62.4 Å². The highest BCUT2D eigenvalue weighted by atomic mass is 35.5. The lowest BCUT2D eigenvalue weighted by Crippen LogP contribution is -2.42. The number of aliphatic hydroxyl groups excluding tert-OH is 1. The van der Waals surface area contributed by atoms with Crippen LogP contribution in [0.15, 0.2) is 47.0 Å². The molecule has 7 rings (SSSR count). The van der Waals surface area contributed by atoms with Crippen molar-refractivity contribution in [3.05, 3.63) is 80.9 Å². The minimum atomic E-state index is -0.472. The molecular weight excluding hydrogens is 536 g/mol. The zero-order valence-electron chi connectivity index (χ0n) is 21.6. The first-order valence-electron chi connectivity index (χ1n) is 13.5. The van der Waals surface area contributed by atoms with Crippen molar-refractivity contribution < 1.29 is 14.0 Å². The highest BCUT2D eigenvalue weighted by Gasteiger charge is 2.44. The van der Waals surface area contributed by atoms with Crippen molar-refractivity contribution in [3.63, 3.8) is 0 Å². The Bertz CT molecular complexity index is 1630. The van der Waals surface area contributed by atoms with Gasteiger partial charge in [-0.2, -0.15) is 0 Å². The molecule has 1 saturated heterocycles. The van der Waals surface area contributed by atoms with Crippen LogP contribution in [0.5, 0.6) is 0 Å². The van der Waals surface area contributed by atoms with E-state index in [9.17, 15) is 9.50 Å². The fourth-order valence-corrected chi connectivity index (χ4v) is 6.99. The minimum Gasteiger partial charge on any atom is -0.392 e. The molecule has 0 radical (unpaired) electrons.